The molecule has 0 unspecified atom stereocenters. The molecule has 2 rings (SSSR count). The van der Waals surface area contributed by atoms with E-state index in [9.17, 15) is 4.79 Å². The van der Waals surface area contributed by atoms with Crippen LogP contribution in [0.2, 0.25) is 0 Å². The Labute approximate surface area is 87.8 Å². The summed E-state index contributed by atoms with van der Waals surface area (Å²) in [5, 5.41) is 0. The molecule has 0 bridgehead atoms. The Hall–Kier alpha value is -1.71. The van der Waals surface area contributed by atoms with Crippen LogP contribution in [-0.4, -0.2) is 19.2 Å². The second kappa shape index (κ2) is 4.21. The maximum Gasteiger partial charge on any atom is 0.231 e. The number of benzene rings is 1. The van der Waals surface area contributed by atoms with E-state index >= 15 is 0 Å². The van der Waals surface area contributed by atoms with Gasteiger partial charge < -0.3 is 14.2 Å². The maximum atomic E-state index is 10.7. The number of Topliss-reactive ketones (excluding diaryl/α,β-unsaturated/α-hetero) is 1. The van der Waals surface area contributed by atoms with Crippen LogP contribution in [0, 0.1) is 0 Å². The van der Waals surface area contributed by atoms with Crippen LogP contribution in [-0.2, 0) is 4.79 Å². The topological polar surface area (TPSA) is 44.8 Å². The van der Waals surface area contributed by atoms with E-state index in [1.165, 1.54) is 0 Å². The monoisotopic (exact) mass is 208 g/mol. The molecule has 0 aliphatic carbocycles. The second-order valence-electron chi connectivity index (χ2n) is 3.32. The van der Waals surface area contributed by atoms with Crippen LogP contribution >= 0.6 is 0 Å². The van der Waals surface area contributed by atoms with Crippen LogP contribution in [0.3, 0.4) is 0 Å². The zero-order valence-electron chi connectivity index (χ0n) is 8.49. The molecule has 1 aliphatic heterocycles. The average Bonchev–Trinajstić information content (AvgIpc) is 2.64. The number of fused-ring (bicyclic) bond motifs is 1. The molecule has 0 fully saturated rings. The summed E-state index contributed by atoms with van der Waals surface area (Å²) < 4.78 is 15.7. The van der Waals surface area contributed by atoms with Gasteiger partial charge in [-0.3, -0.25) is 4.79 Å². The van der Waals surface area contributed by atoms with Gasteiger partial charge in [0.15, 0.2) is 11.5 Å². The Morgan fingerprint density at radius 1 is 1.40 bits per heavy atom. The lowest BCUT2D eigenvalue weighted by Gasteiger charge is -2.05. The highest BCUT2D eigenvalue weighted by atomic mass is 16.7. The van der Waals surface area contributed by atoms with Crippen molar-refractivity contribution in [1.82, 2.24) is 0 Å². The van der Waals surface area contributed by atoms with Gasteiger partial charge >= 0.3 is 0 Å². The van der Waals surface area contributed by atoms with E-state index in [1.54, 1.807) is 25.1 Å². The normalized spacial score (nSPS) is 12.6. The van der Waals surface area contributed by atoms with E-state index in [0.717, 1.165) is 5.75 Å². The standard InChI is InChI=1S/C11H12O4/c1-8(12)4-5-13-9-2-3-10-11(6-9)15-7-14-10/h2-3,6H,4-5,7H2,1H3. The molecular formula is C11H12O4. The zero-order valence-corrected chi connectivity index (χ0v) is 8.49. The third-order valence-corrected chi connectivity index (χ3v) is 2.07. The molecule has 0 N–H and O–H groups in total. The first-order valence-electron chi connectivity index (χ1n) is 4.77. The maximum absolute atomic E-state index is 10.7. The largest absolute Gasteiger partial charge is 0.493 e. The van der Waals surface area contributed by atoms with Crippen LogP contribution in [0.15, 0.2) is 18.2 Å². The molecule has 80 valence electrons. The van der Waals surface area contributed by atoms with Crippen molar-refractivity contribution in [2.24, 2.45) is 0 Å². The number of ketones is 1. The quantitative estimate of drug-likeness (QED) is 0.756. The van der Waals surface area contributed by atoms with Gasteiger partial charge in [-0.2, -0.15) is 0 Å². The Balaban J connectivity index is 1.95. The Kier molecular flexibility index (Phi) is 2.76. The van der Waals surface area contributed by atoms with Crippen molar-refractivity contribution in [2.75, 3.05) is 13.4 Å². The summed E-state index contributed by atoms with van der Waals surface area (Å²) in [4.78, 5) is 10.7. The molecule has 1 heterocycles. The second-order valence-corrected chi connectivity index (χ2v) is 3.32. The number of ether oxygens (including phenoxy) is 3. The SMILES string of the molecule is CC(=O)CCOc1ccc2c(c1)OCO2. The minimum absolute atomic E-state index is 0.121. The molecule has 0 saturated heterocycles. The average molecular weight is 208 g/mol. The highest BCUT2D eigenvalue weighted by molar-refractivity contribution is 5.75. The van der Waals surface area contributed by atoms with Gasteiger partial charge in [-0.25, -0.2) is 0 Å². The number of carbonyl (C=O) groups is 1. The van der Waals surface area contributed by atoms with E-state index < -0.39 is 0 Å². The van der Waals surface area contributed by atoms with Crippen molar-refractivity contribution < 1.29 is 19.0 Å². The first kappa shape index (κ1) is 9.83. The molecule has 4 nitrogen and oxygen atoms in total. The van der Waals surface area contributed by atoms with Crippen LogP contribution < -0.4 is 14.2 Å². The number of rotatable bonds is 4. The van der Waals surface area contributed by atoms with E-state index in [1.807, 2.05) is 0 Å². The Morgan fingerprint density at radius 3 is 3.00 bits per heavy atom. The van der Waals surface area contributed by atoms with Gasteiger partial charge in [-0.15, -0.1) is 0 Å². The fourth-order valence-electron chi connectivity index (χ4n) is 1.28. The van der Waals surface area contributed by atoms with Crippen LogP contribution in [0.1, 0.15) is 13.3 Å². The van der Waals surface area contributed by atoms with Crippen molar-refractivity contribution in [1.29, 1.82) is 0 Å². The van der Waals surface area contributed by atoms with E-state index in [-0.39, 0.29) is 12.6 Å². The molecule has 1 aliphatic rings. The van der Waals surface area contributed by atoms with Gasteiger partial charge in [-0.1, -0.05) is 0 Å². The van der Waals surface area contributed by atoms with E-state index in [0.29, 0.717) is 24.5 Å². The van der Waals surface area contributed by atoms with Crippen molar-refractivity contribution in [3.63, 3.8) is 0 Å². The van der Waals surface area contributed by atoms with Crippen molar-refractivity contribution >= 4 is 5.78 Å². The first-order chi connectivity index (χ1) is 7.25. The van der Waals surface area contributed by atoms with Crippen molar-refractivity contribution in [3.05, 3.63) is 18.2 Å². The van der Waals surface area contributed by atoms with Gasteiger partial charge in [0, 0.05) is 12.5 Å². The fraction of sp³-hybridized carbons (Fsp3) is 0.364. The van der Waals surface area contributed by atoms with Gasteiger partial charge in [0.2, 0.25) is 6.79 Å². The number of hydrogen-bond donors (Lipinski definition) is 0. The first-order valence-corrected chi connectivity index (χ1v) is 4.77. The summed E-state index contributed by atoms with van der Waals surface area (Å²) in [6.07, 6.45) is 0.425. The number of hydrogen-bond acceptors (Lipinski definition) is 4. The molecule has 1 aromatic rings. The molecular weight excluding hydrogens is 196 g/mol. The summed E-state index contributed by atoms with van der Waals surface area (Å²) in [6.45, 7) is 2.20. The summed E-state index contributed by atoms with van der Waals surface area (Å²) in [7, 11) is 0. The third kappa shape index (κ3) is 2.40. The summed E-state index contributed by atoms with van der Waals surface area (Å²) in [5.74, 6) is 2.24. The minimum Gasteiger partial charge on any atom is -0.493 e. The van der Waals surface area contributed by atoms with Crippen LogP contribution in [0.4, 0.5) is 0 Å². The van der Waals surface area contributed by atoms with Gasteiger partial charge in [0.05, 0.1) is 6.61 Å². The lowest BCUT2D eigenvalue weighted by Crippen LogP contribution is -2.02. The third-order valence-electron chi connectivity index (χ3n) is 2.07. The molecule has 0 atom stereocenters. The highest BCUT2D eigenvalue weighted by Gasteiger charge is 2.13. The molecule has 4 heteroatoms. The molecule has 0 spiro atoms. The van der Waals surface area contributed by atoms with Crippen LogP contribution in [0.25, 0.3) is 0 Å². The fourth-order valence-corrected chi connectivity index (χ4v) is 1.28. The van der Waals surface area contributed by atoms with E-state index in [2.05, 4.69) is 0 Å². The number of carbonyl (C=O) groups excluding carboxylic acids is 1. The summed E-state index contributed by atoms with van der Waals surface area (Å²) in [5.41, 5.74) is 0. The van der Waals surface area contributed by atoms with Crippen molar-refractivity contribution in [3.8, 4) is 17.2 Å². The molecule has 15 heavy (non-hydrogen) atoms. The highest BCUT2D eigenvalue weighted by Crippen LogP contribution is 2.34. The summed E-state index contributed by atoms with van der Waals surface area (Å²) >= 11 is 0. The van der Waals surface area contributed by atoms with Gasteiger partial charge in [0.1, 0.15) is 11.5 Å². The van der Waals surface area contributed by atoms with Crippen LogP contribution in [0.5, 0.6) is 17.2 Å². The summed E-state index contributed by atoms with van der Waals surface area (Å²) in [6, 6.07) is 5.36. The molecule has 0 saturated carbocycles. The Morgan fingerprint density at radius 2 is 2.20 bits per heavy atom. The van der Waals surface area contributed by atoms with Gasteiger partial charge in [0.25, 0.3) is 0 Å². The predicted molar refractivity (Wildman–Crippen MR) is 53.4 cm³/mol. The molecule has 1 aromatic carbocycles. The zero-order chi connectivity index (χ0) is 10.7. The van der Waals surface area contributed by atoms with Crippen molar-refractivity contribution in [2.45, 2.75) is 13.3 Å². The lowest BCUT2D eigenvalue weighted by molar-refractivity contribution is -0.117. The lowest BCUT2D eigenvalue weighted by atomic mass is 10.3. The molecule has 0 aromatic heterocycles. The minimum atomic E-state index is 0.121. The predicted octanol–water partition coefficient (Wildman–Crippen LogP) is 1.77. The van der Waals surface area contributed by atoms with Gasteiger partial charge in [-0.05, 0) is 19.1 Å². The molecule has 0 radical (unpaired) electrons. The molecule has 0 amide bonds. The smallest absolute Gasteiger partial charge is 0.231 e. The Bertz CT molecular complexity index is 373. The van der Waals surface area contributed by atoms with E-state index in [4.69, 9.17) is 14.2 Å².